The van der Waals surface area contributed by atoms with Crippen LogP contribution >= 0.6 is 0 Å². The first-order valence-electron chi connectivity index (χ1n) is 7.77. The van der Waals surface area contributed by atoms with Crippen LogP contribution in [0.1, 0.15) is 56.8 Å². The topological polar surface area (TPSA) is 59.1 Å². The number of nitrogens with zero attached hydrogens (tertiary/aromatic N) is 2. The lowest BCUT2D eigenvalue weighted by Crippen LogP contribution is -2.40. The summed E-state index contributed by atoms with van der Waals surface area (Å²) in [4.78, 5) is 27.1. The molecule has 1 saturated heterocycles. The Kier molecular flexibility index (Phi) is 4.35. The Balaban J connectivity index is 2.93. The summed E-state index contributed by atoms with van der Waals surface area (Å²) in [6.45, 7) is 13.0. The van der Waals surface area contributed by atoms with Crippen LogP contribution in [0.25, 0.3) is 0 Å². The zero-order valence-corrected chi connectivity index (χ0v) is 14.3. The maximum Gasteiger partial charge on any atom is 0.412 e. The van der Waals surface area contributed by atoms with Gasteiger partial charge in [0.2, 0.25) is 0 Å². The normalized spacial score (nSPS) is 24.9. The van der Waals surface area contributed by atoms with Crippen LogP contribution in [-0.4, -0.2) is 51.9 Å². The number of rotatable bonds is 0. The highest BCUT2D eigenvalue weighted by molar-refractivity contribution is 5.73. The number of hydrogen-bond acceptors (Lipinski definition) is 4. The maximum atomic E-state index is 12.3. The predicted molar refractivity (Wildman–Crippen MR) is 79.9 cm³/mol. The molecule has 122 valence electrons. The van der Waals surface area contributed by atoms with Crippen molar-refractivity contribution in [2.24, 2.45) is 0 Å². The second-order valence-electron chi connectivity index (χ2n) is 7.37. The van der Waals surface area contributed by atoms with E-state index in [0.29, 0.717) is 0 Å². The summed E-state index contributed by atoms with van der Waals surface area (Å²) in [6.07, 6.45) is -1.20. The largest absolute Gasteiger partial charge is 0.444 e. The second kappa shape index (κ2) is 5.73. The van der Waals surface area contributed by atoms with Crippen molar-refractivity contribution in [3.8, 4) is 0 Å². The standard InChI is InChI=1S/C15H28N2O4/c1-10-11(2)17(13(19)21-15(6,7)8)9-16(10)12(18)20-14(3,4)5/h10-11H,9H2,1-8H3/t10-,11-/m0/s1/i9D. The van der Waals surface area contributed by atoms with E-state index in [4.69, 9.17) is 10.8 Å². The van der Waals surface area contributed by atoms with Crippen molar-refractivity contribution in [1.29, 1.82) is 0 Å². The van der Waals surface area contributed by atoms with Gasteiger partial charge < -0.3 is 9.47 Å². The number of ether oxygens (including phenoxy) is 2. The molecule has 1 aliphatic heterocycles. The fraction of sp³-hybridized carbons (Fsp3) is 0.867. The minimum Gasteiger partial charge on any atom is -0.444 e. The third kappa shape index (κ3) is 4.79. The first-order chi connectivity index (χ1) is 9.74. The Morgan fingerprint density at radius 3 is 1.43 bits per heavy atom. The van der Waals surface area contributed by atoms with Gasteiger partial charge in [0.05, 0.1) is 13.5 Å². The van der Waals surface area contributed by atoms with Crippen molar-refractivity contribution in [1.82, 2.24) is 9.80 Å². The number of carbonyl (C=O) groups is 2. The summed E-state index contributed by atoms with van der Waals surface area (Å²) >= 11 is 0. The van der Waals surface area contributed by atoms with E-state index < -0.39 is 30.0 Å². The molecule has 2 atom stereocenters. The van der Waals surface area contributed by atoms with Gasteiger partial charge in [0.15, 0.2) is 0 Å². The first-order valence-corrected chi connectivity index (χ1v) is 7.19. The average molecular weight is 301 g/mol. The van der Waals surface area contributed by atoms with Crippen molar-refractivity contribution < 1.29 is 20.4 Å². The monoisotopic (exact) mass is 301 g/mol. The molecule has 0 radical (unpaired) electrons. The van der Waals surface area contributed by atoms with Gasteiger partial charge >= 0.3 is 12.2 Å². The summed E-state index contributed by atoms with van der Waals surface area (Å²) < 4.78 is 18.9. The molecule has 6 heteroatoms. The molecule has 1 rings (SSSR count). The minimum atomic E-state index is -1.16. The molecular formula is C15H28N2O4. The summed E-state index contributed by atoms with van der Waals surface area (Å²) in [6, 6.07) is -0.658. The molecule has 0 N–H and O–H groups in total. The number of carbonyl (C=O) groups excluding carboxylic acids is 2. The van der Waals surface area contributed by atoms with E-state index in [1.54, 1.807) is 55.4 Å². The van der Waals surface area contributed by atoms with Gasteiger partial charge in [-0.25, -0.2) is 9.59 Å². The SMILES string of the molecule is [2H]C1N(C(=O)OC(C)(C)C)[C@@H](C)[C@H](C)N1C(=O)OC(C)(C)C. The van der Waals surface area contributed by atoms with Gasteiger partial charge in [-0.05, 0) is 55.4 Å². The van der Waals surface area contributed by atoms with E-state index in [9.17, 15) is 9.59 Å². The van der Waals surface area contributed by atoms with Crippen LogP contribution in [0.4, 0.5) is 9.59 Å². The molecule has 21 heavy (non-hydrogen) atoms. The minimum absolute atomic E-state index is 0.329. The van der Waals surface area contributed by atoms with Crippen molar-refractivity contribution in [3.05, 3.63) is 0 Å². The van der Waals surface area contributed by atoms with Gasteiger partial charge in [-0.15, -0.1) is 0 Å². The van der Waals surface area contributed by atoms with E-state index in [1.807, 2.05) is 0 Å². The van der Waals surface area contributed by atoms with Crippen molar-refractivity contribution in [3.63, 3.8) is 0 Å². The van der Waals surface area contributed by atoms with Gasteiger partial charge in [-0.2, -0.15) is 0 Å². The molecule has 2 amide bonds. The molecule has 0 aromatic carbocycles. The molecule has 1 aliphatic rings. The molecule has 0 unspecified atom stereocenters. The van der Waals surface area contributed by atoms with E-state index in [1.165, 1.54) is 9.80 Å². The summed E-state index contributed by atoms with van der Waals surface area (Å²) in [5.74, 6) is 0. The first kappa shape index (κ1) is 15.9. The van der Waals surface area contributed by atoms with Gasteiger partial charge in [0, 0.05) is 0 Å². The Bertz CT molecular complexity index is 402. The highest BCUT2D eigenvalue weighted by atomic mass is 16.6. The highest BCUT2D eigenvalue weighted by Gasteiger charge is 2.42. The molecule has 0 saturated carbocycles. The Morgan fingerprint density at radius 1 is 0.905 bits per heavy atom. The molecule has 0 aromatic rings. The maximum absolute atomic E-state index is 12.3. The fourth-order valence-corrected chi connectivity index (χ4v) is 1.87. The molecule has 1 fully saturated rings. The summed E-state index contributed by atoms with van der Waals surface area (Å²) in [7, 11) is 0. The average Bonchev–Trinajstić information content (AvgIpc) is 2.44. The lowest BCUT2D eigenvalue weighted by molar-refractivity contribution is 0.0142. The van der Waals surface area contributed by atoms with Crippen LogP contribution in [0.2, 0.25) is 0 Å². The third-order valence-electron chi connectivity index (χ3n) is 3.03. The highest BCUT2D eigenvalue weighted by Crippen LogP contribution is 2.25. The van der Waals surface area contributed by atoms with Crippen molar-refractivity contribution in [2.45, 2.75) is 78.7 Å². The quantitative estimate of drug-likeness (QED) is 0.689. The van der Waals surface area contributed by atoms with Crippen LogP contribution in [0.3, 0.4) is 0 Å². The Morgan fingerprint density at radius 2 is 1.19 bits per heavy atom. The molecule has 0 spiro atoms. The van der Waals surface area contributed by atoms with E-state index in [-0.39, 0.29) is 12.1 Å². The second-order valence-corrected chi connectivity index (χ2v) is 7.37. The van der Waals surface area contributed by atoms with Gasteiger partial charge in [0.25, 0.3) is 0 Å². The van der Waals surface area contributed by atoms with Gasteiger partial charge in [-0.3, -0.25) is 9.80 Å². The Labute approximate surface area is 128 Å². The van der Waals surface area contributed by atoms with Gasteiger partial charge in [-0.1, -0.05) is 0 Å². The Hall–Kier alpha value is -1.46. The summed E-state index contributed by atoms with van der Waals surface area (Å²) in [5, 5.41) is 0. The zero-order chi connectivity index (χ0) is 17.5. The van der Waals surface area contributed by atoms with E-state index >= 15 is 0 Å². The van der Waals surface area contributed by atoms with Crippen LogP contribution in [0, 0.1) is 0 Å². The van der Waals surface area contributed by atoms with Crippen molar-refractivity contribution >= 4 is 12.2 Å². The number of amides is 2. The summed E-state index contributed by atoms with van der Waals surface area (Å²) in [5.41, 5.74) is -1.31. The molecule has 0 aliphatic carbocycles. The van der Waals surface area contributed by atoms with E-state index in [2.05, 4.69) is 0 Å². The fourth-order valence-electron chi connectivity index (χ4n) is 1.87. The molecular weight excluding hydrogens is 272 g/mol. The van der Waals surface area contributed by atoms with Crippen LogP contribution in [0.5, 0.6) is 0 Å². The van der Waals surface area contributed by atoms with E-state index in [0.717, 1.165) is 0 Å². The lowest BCUT2D eigenvalue weighted by Gasteiger charge is -2.27. The smallest absolute Gasteiger partial charge is 0.412 e. The number of hydrogen-bond donors (Lipinski definition) is 0. The molecule has 1 heterocycles. The zero-order valence-electron chi connectivity index (χ0n) is 15.3. The molecule has 0 bridgehead atoms. The van der Waals surface area contributed by atoms with Gasteiger partial charge in [0.1, 0.15) is 17.8 Å². The third-order valence-corrected chi connectivity index (χ3v) is 3.03. The van der Waals surface area contributed by atoms with Crippen LogP contribution in [-0.2, 0) is 9.47 Å². The van der Waals surface area contributed by atoms with Crippen LogP contribution in [0.15, 0.2) is 0 Å². The molecule has 6 nitrogen and oxygen atoms in total. The van der Waals surface area contributed by atoms with Crippen molar-refractivity contribution in [2.75, 3.05) is 6.64 Å². The van der Waals surface area contributed by atoms with Crippen LogP contribution < -0.4 is 0 Å². The lowest BCUT2D eigenvalue weighted by atomic mass is 10.1. The predicted octanol–water partition coefficient (Wildman–Crippen LogP) is 3.21. The molecule has 0 aromatic heterocycles.